The first kappa shape index (κ1) is 20.1. The number of fused-ring (bicyclic) bond motifs is 3. The zero-order valence-electron chi connectivity index (χ0n) is 17.8. The SMILES string of the molecule is CC(C)n1ncc2c(C#N)cc3cnc(Nc4cc(F)c(N5CCNCC5)cn4)nc3c21. The van der Waals surface area contributed by atoms with E-state index in [0.717, 1.165) is 42.5 Å². The van der Waals surface area contributed by atoms with Crippen LogP contribution in [-0.4, -0.2) is 50.9 Å². The molecule has 4 heterocycles. The van der Waals surface area contributed by atoms with Crippen molar-refractivity contribution in [2.75, 3.05) is 36.4 Å². The van der Waals surface area contributed by atoms with Gasteiger partial charge in [0, 0.05) is 55.3 Å². The number of pyridine rings is 1. The highest BCUT2D eigenvalue weighted by Crippen LogP contribution is 2.30. The number of rotatable bonds is 4. The molecule has 1 fully saturated rings. The third kappa shape index (κ3) is 3.46. The number of hydrogen-bond donors (Lipinski definition) is 2. The van der Waals surface area contributed by atoms with Crippen LogP contribution in [0.1, 0.15) is 25.5 Å². The molecule has 5 rings (SSSR count). The van der Waals surface area contributed by atoms with Crippen LogP contribution in [0.2, 0.25) is 0 Å². The Kier molecular flexibility index (Phi) is 5.03. The van der Waals surface area contributed by atoms with E-state index in [2.05, 4.69) is 36.8 Å². The van der Waals surface area contributed by atoms with Gasteiger partial charge in [-0.2, -0.15) is 10.4 Å². The average Bonchev–Trinajstić information content (AvgIpc) is 3.25. The molecule has 32 heavy (non-hydrogen) atoms. The van der Waals surface area contributed by atoms with Gasteiger partial charge in [-0.25, -0.2) is 19.3 Å². The van der Waals surface area contributed by atoms with Gasteiger partial charge in [0.25, 0.3) is 0 Å². The van der Waals surface area contributed by atoms with Crippen LogP contribution in [-0.2, 0) is 0 Å². The van der Waals surface area contributed by atoms with Gasteiger partial charge in [0.15, 0.2) is 5.82 Å². The summed E-state index contributed by atoms with van der Waals surface area (Å²) < 4.78 is 16.6. The molecular weight excluding hydrogens is 409 g/mol. The predicted octanol–water partition coefficient (Wildman–Crippen LogP) is 3.12. The fraction of sp³-hybridized carbons (Fsp3) is 0.318. The normalized spacial score (nSPS) is 14.3. The zero-order chi connectivity index (χ0) is 22.2. The van der Waals surface area contributed by atoms with Gasteiger partial charge >= 0.3 is 0 Å². The first-order valence-electron chi connectivity index (χ1n) is 10.5. The minimum absolute atomic E-state index is 0.0873. The Morgan fingerprint density at radius 1 is 1.16 bits per heavy atom. The van der Waals surface area contributed by atoms with Gasteiger partial charge in [0.1, 0.15) is 11.3 Å². The van der Waals surface area contributed by atoms with Crippen molar-refractivity contribution >= 4 is 39.3 Å². The largest absolute Gasteiger partial charge is 0.365 e. The molecule has 1 saturated heterocycles. The first-order chi connectivity index (χ1) is 15.5. The lowest BCUT2D eigenvalue weighted by Crippen LogP contribution is -2.43. The Labute approximate surface area is 183 Å². The maximum Gasteiger partial charge on any atom is 0.228 e. The molecule has 162 valence electrons. The number of nitrogens with zero attached hydrogens (tertiary/aromatic N) is 7. The summed E-state index contributed by atoms with van der Waals surface area (Å²) in [5.41, 5.74) is 2.45. The van der Waals surface area contributed by atoms with Gasteiger partial charge < -0.3 is 15.5 Å². The van der Waals surface area contributed by atoms with Crippen molar-refractivity contribution in [2.24, 2.45) is 0 Å². The molecule has 0 unspecified atom stereocenters. The molecule has 0 saturated carbocycles. The van der Waals surface area contributed by atoms with Crippen LogP contribution in [0.25, 0.3) is 21.8 Å². The van der Waals surface area contributed by atoms with Crippen molar-refractivity contribution in [3.05, 3.63) is 42.1 Å². The van der Waals surface area contributed by atoms with Crippen LogP contribution in [0.5, 0.6) is 0 Å². The summed E-state index contributed by atoms with van der Waals surface area (Å²) in [7, 11) is 0. The van der Waals surface area contributed by atoms with E-state index in [-0.39, 0.29) is 11.9 Å². The number of hydrogen-bond acceptors (Lipinski definition) is 8. The highest BCUT2D eigenvalue weighted by atomic mass is 19.1. The first-order valence-corrected chi connectivity index (χ1v) is 10.5. The average molecular weight is 431 g/mol. The van der Waals surface area contributed by atoms with Crippen LogP contribution >= 0.6 is 0 Å². The Balaban J connectivity index is 1.53. The molecule has 10 heteroatoms. The molecule has 0 atom stereocenters. The second-order valence-electron chi connectivity index (χ2n) is 8.00. The fourth-order valence-electron chi connectivity index (χ4n) is 4.00. The summed E-state index contributed by atoms with van der Waals surface area (Å²) in [4.78, 5) is 15.3. The molecule has 9 nitrogen and oxygen atoms in total. The number of benzene rings is 1. The van der Waals surface area contributed by atoms with Gasteiger partial charge in [-0.15, -0.1) is 0 Å². The number of nitrogens with one attached hydrogen (secondary N) is 2. The van der Waals surface area contributed by atoms with Crippen LogP contribution in [0.15, 0.2) is 30.7 Å². The molecule has 0 aliphatic carbocycles. The molecule has 3 aromatic heterocycles. The molecule has 4 aromatic rings. The van der Waals surface area contributed by atoms with E-state index in [0.29, 0.717) is 28.5 Å². The molecule has 0 radical (unpaired) electrons. The maximum atomic E-state index is 14.8. The van der Waals surface area contributed by atoms with Crippen LogP contribution in [0.3, 0.4) is 0 Å². The van der Waals surface area contributed by atoms with E-state index in [1.165, 1.54) is 12.3 Å². The number of anilines is 3. The van der Waals surface area contributed by atoms with E-state index in [1.54, 1.807) is 18.5 Å². The molecule has 0 amide bonds. The summed E-state index contributed by atoms with van der Waals surface area (Å²) >= 11 is 0. The number of nitriles is 1. The van der Waals surface area contributed by atoms with Gasteiger partial charge in [-0.3, -0.25) is 4.68 Å². The topological polar surface area (TPSA) is 108 Å². The monoisotopic (exact) mass is 431 g/mol. The standard InChI is InChI=1S/C22H22FN9/c1-13(2)32-21-16(11-28-32)14(9-24)7-15-10-27-22(30-20(15)21)29-19-8-17(23)18(12-26-19)31-5-3-25-4-6-31/h7-8,10-13,25H,3-6H2,1-2H3,(H,26,27,29,30). The van der Waals surface area contributed by atoms with Crippen molar-refractivity contribution in [3.8, 4) is 6.07 Å². The summed E-state index contributed by atoms with van der Waals surface area (Å²) in [6.07, 6.45) is 4.87. The van der Waals surface area contributed by atoms with E-state index >= 15 is 0 Å². The second-order valence-corrected chi connectivity index (χ2v) is 8.00. The fourth-order valence-corrected chi connectivity index (χ4v) is 4.00. The van der Waals surface area contributed by atoms with Gasteiger partial charge in [0.2, 0.25) is 5.95 Å². The lowest BCUT2D eigenvalue weighted by molar-refractivity contribution is 0.552. The summed E-state index contributed by atoms with van der Waals surface area (Å²) in [5.74, 6) is 0.272. The molecule has 1 aliphatic heterocycles. The summed E-state index contributed by atoms with van der Waals surface area (Å²) in [6, 6.07) is 5.43. The van der Waals surface area contributed by atoms with Crippen molar-refractivity contribution in [3.63, 3.8) is 0 Å². The van der Waals surface area contributed by atoms with Gasteiger partial charge in [0.05, 0.1) is 35.2 Å². The molecule has 0 spiro atoms. The quantitative estimate of drug-likeness (QED) is 0.508. The van der Waals surface area contributed by atoms with E-state index in [1.807, 2.05) is 23.4 Å². The minimum atomic E-state index is -0.343. The smallest absolute Gasteiger partial charge is 0.228 e. The van der Waals surface area contributed by atoms with E-state index < -0.39 is 0 Å². The molecular formula is C22H22FN9. The molecule has 2 N–H and O–H groups in total. The summed E-state index contributed by atoms with van der Waals surface area (Å²) in [5, 5.41) is 21.7. The predicted molar refractivity (Wildman–Crippen MR) is 120 cm³/mol. The molecule has 1 aliphatic rings. The van der Waals surface area contributed by atoms with Crippen molar-refractivity contribution in [1.82, 2.24) is 30.0 Å². The van der Waals surface area contributed by atoms with Crippen LogP contribution in [0.4, 0.5) is 21.8 Å². The van der Waals surface area contributed by atoms with Crippen LogP contribution in [0, 0.1) is 17.1 Å². The van der Waals surface area contributed by atoms with Crippen molar-refractivity contribution < 1.29 is 4.39 Å². The van der Waals surface area contributed by atoms with Crippen molar-refractivity contribution in [1.29, 1.82) is 5.26 Å². The number of halogens is 1. The Bertz CT molecular complexity index is 1350. The lowest BCUT2D eigenvalue weighted by Gasteiger charge is -2.29. The Morgan fingerprint density at radius 3 is 2.69 bits per heavy atom. The highest BCUT2D eigenvalue weighted by molar-refractivity contribution is 6.06. The Hall–Kier alpha value is -3.84. The minimum Gasteiger partial charge on any atom is -0.365 e. The van der Waals surface area contributed by atoms with Crippen LogP contribution < -0.4 is 15.5 Å². The zero-order valence-corrected chi connectivity index (χ0v) is 17.8. The van der Waals surface area contributed by atoms with Gasteiger partial charge in [-0.1, -0.05) is 0 Å². The van der Waals surface area contributed by atoms with E-state index in [9.17, 15) is 9.65 Å². The molecule has 1 aromatic carbocycles. The number of aromatic nitrogens is 5. The second kappa shape index (κ2) is 8.01. The number of piperazine rings is 1. The lowest BCUT2D eigenvalue weighted by atomic mass is 10.1. The van der Waals surface area contributed by atoms with Crippen molar-refractivity contribution in [2.45, 2.75) is 19.9 Å². The van der Waals surface area contributed by atoms with E-state index in [4.69, 9.17) is 0 Å². The maximum absolute atomic E-state index is 14.8. The Morgan fingerprint density at radius 2 is 1.97 bits per heavy atom. The van der Waals surface area contributed by atoms with Gasteiger partial charge in [-0.05, 0) is 19.9 Å². The summed E-state index contributed by atoms with van der Waals surface area (Å²) in [6.45, 7) is 7.15. The third-order valence-electron chi connectivity index (χ3n) is 5.57. The third-order valence-corrected chi connectivity index (χ3v) is 5.57. The molecule has 0 bridgehead atoms. The highest BCUT2D eigenvalue weighted by Gasteiger charge is 2.18.